The van der Waals surface area contributed by atoms with Crippen LogP contribution in [0.15, 0.2) is 30.6 Å². The molecule has 3 rings (SSSR count). The van der Waals surface area contributed by atoms with Gasteiger partial charge in [0.05, 0.1) is 6.04 Å². The van der Waals surface area contributed by atoms with E-state index in [1.165, 1.54) is 6.20 Å². The van der Waals surface area contributed by atoms with Crippen LogP contribution in [0.4, 0.5) is 14.6 Å². The fraction of sp³-hybridized carbons (Fsp3) is 0.467. The van der Waals surface area contributed by atoms with E-state index in [0.717, 1.165) is 11.0 Å². The number of piperidine rings is 1. The third kappa shape index (κ3) is 3.26. The van der Waals surface area contributed by atoms with Crippen LogP contribution in [0.5, 0.6) is 0 Å². The Balaban J connectivity index is 1.66. The molecule has 0 spiro atoms. The molecule has 0 saturated carbocycles. The maximum atomic E-state index is 12.8. The lowest BCUT2D eigenvalue weighted by atomic mass is 10.0. The molecule has 1 aliphatic rings. The second-order valence-corrected chi connectivity index (χ2v) is 5.60. The van der Waals surface area contributed by atoms with E-state index < -0.39 is 6.55 Å². The first-order valence-corrected chi connectivity index (χ1v) is 7.54. The number of nitrogens with zero attached hydrogens (tertiary/aromatic N) is 4. The molecule has 23 heavy (non-hydrogen) atoms. The van der Waals surface area contributed by atoms with Gasteiger partial charge in [-0.15, -0.1) is 0 Å². The van der Waals surface area contributed by atoms with Gasteiger partial charge < -0.3 is 5.32 Å². The van der Waals surface area contributed by atoms with E-state index in [4.69, 9.17) is 0 Å². The third-order valence-corrected chi connectivity index (χ3v) is 4.02. The largest absolute Gasteiger partial charge is 0.318 e. The number of alkyl halides is 2. The predicted octanol–water partition coefficient (Wildman–Crippen LogP) is 1.90. The maximum absolute atomic E-state index is 12.8. The Labute approximate surface area is 132 Å². The van der Waals surface area contributed by atoms with Crippen LogP contribution >= 0.6 is 0 Å². The van der Waals surface area contributed by atoms with Gasteiger partial charge in [-0.1, -0.05) is 0 Å². The summed E-state index contributed by atoms with van der Waals surface area (Å²) < 4.78 is 28.2. The zero-order valence-corrected chi connectivity index (χ0v) is 12.8. The van der Waals surface area contributed by atoms with Crippen molar-refractivity contribution in [2.24, 2.45) is 7.05 Å². The molecule has 3 heterocycles. The molecular formula is C15H19F2N5O. The van der Waals surface area contributed by atoms with Gasteiger partial charge in [0.2, 0.25) is 5.91 Å². The second kappa shape index (κ2) is 6.49. The summed E-state index contributed by atoms with van der Waals surface area (Å²) in [5, 5.41) is 7.35. The zero-order chi connectivity index (χ0) is 16.4. The molecule has 8 heteroatoms. The quantitative estimate of drug-likeness (QED) is 0.914. The van der Waals surface area contributed by atoms with Gasteiger partial charge in [-0.2, -0.15) is 13.9 Å². The maximum Gasteiger partial charge on any atom is 0.318 e. The van der Waals surface area contributed by atoms with Gasteiger partial charge in [-0.05, 0) is 25.0 Å². The molecule has 1 aliphatic heterocycles. The fourth-order valence-electron chi connectivity index (χ4n) is 2.84. The normalized spacial score (nSPS) is 18.9. The number of hydrogen-bond acceptors (Lipinski definition) is 3. The van der Waals surface area contributed by atoms with Crippen LogP contribution in [0, 0.1) is 0 Å². The van der Waals surface area contributed by atoms with E-state index in [9.17, 15) is 13.6 Å². The highest BCUT2D eigenvalue weighted by molar-refractivity contribution is 5.97. The highest BCUT2D eigenvalue weighted by atomic mass is 19.3. The molecule has 0 bridgehead atoms. The average Bonchev–Trinajstić information content (AvgIpc) is 3.15. The molecule has 1 N–H and O–H groups in total. The molecule has 124 valence electrons. The van der Waals surface area contributed by atoms with Crippen LogP contribution in [0.2, 0.25) is 0 Å². The minimum absolute atomic E-state index is 0.0647. The van der Waals surface area contributed by atoms with E-state index in [-0.39, 0.29) is 18.5 Å². The Morgan fingerprint density at radius 3 is 2.91 bits per heavy atom. The van der Waals surface area contributed by atoms with Gasteiger partial charge >= 0.3 is 6.55 Å². The Morgan fingerprint density at radius 2 is 2.22 bits per heavy atom. The summed E-state index contributed by atoms with van der Waals surface area (Å²) in [6.45, 7) is -1.72. The fourth-order valence-corrected chi connectivity index (χ4v) is 2.84. The average molecular weight is 323 g/mol. The van der Waals surface area contributed by atoms with E-state index in [0.29, 0.717) is 24.5 Å². The van der Waals surface area contributed by atoms with Gasteiger partial charge in [0.25, 0.3) is 0 Å². The van der Waals surface area contributed by atoms with Crippen molar-refractivity contribution in [1.82, 2.24) is 19.7 Å². The minimum atomic E-state index is -2.58. The summed E-state index contributed by atoms with van der Waals surface area (Å²) >= 11 is 0. The predicted molar refractivity (Wildman–Crippen MR) is 81.1 cm³/mol. The third-order valence-electron chi connectivity index (χ3n) is 4.02. The first-order valence-electron chi connectivity index (χ1n) is 7.54. The molecule has 1 saturated heterocycles. The number of hydrogen-bond donors (Lipinski definition) is 1. The number of aromatic nitrogens is 3. The molecule has 6 nitrogen and oxygen atoms in total. The zero-order valence-electron chi connectivity index (χ0n) is 12.8. The van der Waals surface area contributed by atoms with Crippen LogP contribution in [-0.2, 0) is 18.4 Å². The highest BCUT2D eigenvalue weighted by Gasteiger charge is 2.30. The molecule has 0 radical (unpaired) electrons. The molecule has 0 aliphatic carbocycles. The lowest BCUT2D eigenvalue weighted by Gasteiger charge is -2.31. The van der Waals surface area contributed by atoms with E-state index in [2.05, 4.69) is 10.4 Å². The van der Waals surface area contributed by atoms with Crippen molar-refractivity contribution in [1.29, 1.82) is 0 Å². The van der Waals surface area contributed by atoms with Crippen LogP contribution in [0.25, 0.3) is 0 Å². The van der Waals surface area contributed by atoms with Crippen LogP contribution in [-0.4, -0.2) is 32.8 Å². The monoisotopic (exact) mass is 323 g/mol. The Hall–Kier alpha value is -2.22. The molecule has 1 fully saturated rings. The summed E-state index contributed by atoms with van der Waals surface area (Å²) in [6.07, 6.45) is 4.66. The van der Waals surface area contributed by atoms with Crippen LogP contribution in [0.1, 0.15) is 25.1 Å². The smallest absolute Gasteiger partial charge is 0.300 e. The van der Waals surface area contributed by atoms with Crippen molar-refractivity contribution >= 4 is 11.7 Å². The Morgan fingerprint density at radius 1 is 1.39 bits per heavy atom. The number of rotatable bonds is 5. The SMILES string of the molecule is Cn1ccc(N2CCCC(NCc3cccn3C(F)F)C2=O)n1. The number of nitrogens with one attached hydrogen (secondary N) is 1. The van der Waals surface area contributed by atoms with Crippen molar-refractivity contribution < 1.29 is 13.6 Å². The van der Waals surface area contributed by atoms with Crippen molar-refractivity contribution in [3.8, 4) is 0 Å². The summed E-state index contributed by atoms with van der Waals surface area (Å²) in [5.41, 5.74) is 0.461. The molecule has 1 amide bonds. The highest BCUT2D eigenvalue weighted by Crippen LogP contribution is 2.20. The van der Waals surface area contributed by atoms with Crippen molar-refractivity contribution in [2.75, 3.05) is 11.4 Å². The van der Waals surface area contributed by atoms with Crippen molar-refractivity contribution in [3.63, 3.8) is 0 Å². The molecule has 1 unspecified atom stereocenters. The van der Waals surface area contributed by atoms with Gasteiger partial charge in [0.15, 0.2) is 5.82 Å². The summed E-state index contributed by atoms with van der Waals surface area (Å²) in [4.78, 5) is 14.2. The lowest BCUT2D eigenvalue weighted by molar-refractivity contribution is -0.121. The number of carbonyl (C=O) groups is 1. The van der Waals surface area contributed by atoms with Crippen LogP contribution < -0.4 is 10.2 Å². The van der Waals surface area contributed by atoms with Gasteiger partial charge in [-0.25, -0.2) is 0 Å². The van der Waals surface area contributed by atoms with Crippen molar-refractivity contribution in [2.45, 2.75) is 32.0 Å². The summed E-state index contributed by atoms with van der Waals surface area (Å²) in [6, 6.07) is 4.61. The molecular weight excluding hydrogens is 304 g/mol. The van der Waals surface area contributed by atoms with Gasteiger partial charge in [0, 0.05) is 44.3 Å². The Kier molecular flexibility index (Phi) is 4.42. The van der Waals surface area contributed by atoms with Crippen LogP contribution in [0.3, 0.4) is 0 Å². The second-order valence-electron chi connectivity index (χ2n) is 5.60. The number of halogens is 2. The molecule has 2 aromatic rings. The molecule has 0 aromatic carbocycles. The number of carbonyl (C=O) groups excluding carboxylic acids is 1. The molecule has 2 aromatic heterocycles. The minimum Gasteiger partial charge on any atom is -0.300 e. The first-order chi connectivity index (χ1) is 11.1. The summed E-state index contributed by atoms with van der Waals surface area (Å²) in [5.74, 6) is 0.560. The van der Waals surface area contributed by atoms with Gasteiger partial charge in [-0.3, -0.25) is 18.9 Å². The van der Waals surface area contributed by atoms with E-state index >= 15 is 0 Å². The number of anilines is 1. The van der Waals surface area contributed by atoms with Gasteiger partial charge in [0.1, 0.15) is 0 Å². The summed E-state index contributed by atoms with van der Waals surface area (Å²) in [7, 11) is 1.80. The number of aryl methyl sites for hydroxylation is 1. The topological polar surface area (TPSA) is 55.1 Å². The van der Waals surface area contributed by atoms with E-state index in [1.807, 2.05) is 0 Å². The standard InChI is InChI=1S/C15H19F2N5O/c1-20-9-6-13(19-20)22-8-3-5-12(14(22)23)18-10-11-4-2-7-21(11)15(16)17/h2,4,6-7,9,12,15,18H,3,5,8,10H2,1H3. The molecule has 1 atom stereocenters. The number of amides is 1. The van der Waals surface area contributed by atoms with E-state index in [1.54, 1.807) is 41.0 Å². The van der Waals surface area contributed by atoms with Crippen molar-refractivity contribution in [3.05, 3.63) is 36.3 Å². The lowest BCUT2D eigenvalue weighted by Crippen LogP contribution is -2.51. The Bertz CT molecular complexity index is 681. The first kappa shape index (κ1) is 15.7.